The lowest BCUT2D eigenvalue weighted by Gasteiger charge is -2.49. The van der Waals surface area contributed by atoms with E-state index in [0.717, 1.165) is 17.6 Å². The van der Waals surface area contributed by atoms with Crippen molar-refractivity contribution < 1.29 is 4.42 Å². The molecule has 6 aromatic carbocycles. The Bertz CT molecular complexity index is 3460. The van der Waals surface area contributed by atoms with E-state index in [1.165, 1.54) is 138 Å². The molecule has 3 heterocycles. The molecule has 0 fully saturated rings. The van der Waals surface area contributed by atoms with Crippen molar-refractivity contribution in [1.29, 1.82) is 0 Å². The molecule has 1 aromatic heterocycles. The van der Waals surface area contributed by atoms with E-state index in [-0.39, 0.29) is 50.0 Å². The molecule has 7 aromatic rings. The lowest BCUT2D eigenvalue weighted by atomic mass is 9.32. The highest BCUT2D eigenvalue weighted by Crippen LogP contribution is 2.56. The third-order valence-corrected chi connectivity index (χ3v) is 19.6. The molecule has 0 spiro atoms. The molecule has 72 heavy (non-hydrogen) atoms. The van der Waals surface area contributed by atoms with Crippen LogP contribution in [0.2, 0.25) is 0 Å². The van der Waals surface area contributed by atoms with Crippen LogP contribution in [0.15, 0.2) is 95.4 Å². The maximum absolute atomic E-state index is 6.95. The smallest absolute Gasteiger partial charge is 0.252 e. The van der Waals surface area contributed by atoms with Crippen molar-refractivity contribution in [3.63, 3.8) is 0 Å². The Morgan fingerprint density at radius 2 is 0.861 bits per heavy atom. The first-order valence-electron chi connectivity index (χ1n) is 27.7. The lowest BCUT2D eigenvalue weighted by molar-refractivity contribution is 0.332. The fraction of sp³-hybridized carbons (Fsp3) is 0.471. The summed E-state index contributed by atoms with van der Waals surface area (Å²) in [5.74, 6) is 0. The van der Waals surface area contributed by atoms with Gasteiger partial charge in [-0.15, -0.1) is 0 Å². The van der Waals surface area contributed by atoms with Gasteiger partial charge in [-0.3, -0.25) is 0 Å². The van der Waals surface area contributed by atoms with Crippen LogP contribution in [0.5, 0.6) is 0 Å². The minimum absolute atomic E-state index is 0.000657. The minimum Gasteiger partial charge on any atom is -0.456 e. The van der Waals surface area contributed by atoms with Crippen LogP contribution < -0.4 is 26.2 Å². The first kappa shape index (κ1) is 47.8. The van der Waals surface area contributed by atoms with Crippen LogP contribution in [-0.4, -0.2) is 6.71 Å². The predicted octanol–water partition coefficient (Wildman–Crippen LogP) is 17.3. The van der Waals surface area contributed by atoms with Crippen LogP contribution in [0.3, 0.4) is 0 Å². The lowest BCUT2D eigenvalue weighted by Crippen LogP contribution is -2.62. The van der Waals surface area contributed by atoms with Crippen molar-refractivity contribution in [2.75, 3.05) is 9.80 Å². The van der Waals surface area contributed by atoms with E-state index in [1.54, 1.807) is 0 Å². The van der Waals surface area contributed by atoms with E-state index in [1.807, 2.05) is 0 Å². The van der Waals surface area contributed by atoms with Crippen molar-refractivity contribution in [1.82, 2.24) is 0 Å². The zero-order valence-electron chi connectivity index (χ0n) is 47.3. The maximum atomic E-state index is 6.95. The van der Waals surface area contributed by atoms with E-state index in [2.05, 4.69) is 225 Å². The summed E-state index contributed by atoms with van der Waals surface area (Å²) in [6, 6.07) is 37.4. The van der Waals surface area contributed by atoms with Gasteiger partial charge in [0.25, 0.3) is 6.71 Å². The molecule has 5 aliphatic rings. The van der Waals surface area contributed by atoms with Gasteiger partial charge in [-0.25, -0.2) is 0 Å². The van der Waals surface area contributed by atoms with Gasteiger partial charge in [-0.05, 0) is 197 Å². The second-order valence-corrected chi connectivity index (χ2v) is 29.4. The van der Waals surface area contributed by atoms with Crippen LogP contribution in [0, 0.1) is 0 Å². The highest BCUT2D eigenvalue weighted by Gasteiger charge is 2.50. The number of furan rings is 1. The molecule has 12 rings (SSSR count). The summed E-state index contributed by atoms with van der Waals surface area (Å²) in [5.41, 5.74) is 25.7. The first-order chi connectivity index (χ1) is 33.4. The summed E-state index contributed by atoms with van der Waals surface area (Å²) in [5, 5.41) is 2.34. The van der Waals surface area contributed by atoms with Crippen molar-refractivity contribution in [3.05, 3.63) is 136 Å². The Morgan fingerprint density at radius 1 is 0.403 bits per heavy atom. The van der Waals surface area contributed by atoms with Gasteiger partial charge >= 0.3 is 0 Å². The van der Waals surface area contributed by atoms with Gasteiger partial charge in [0, 0.05) is 33.8 Å². The molecule has 3 nitrogen and oxygen atoms in total. The number of rotatable bonds is 2. The molecule has 2 aliphatic heterocycles. The molecule has 3 aliphatic carbocycles. The Hall–Kier alpha value is -5.22. The summed E-state index contributed by atoms with van der Waals surface area (Å²) >= 11 is 0. The second-order valence-electron chi connectivity index (χ2n) is 29.4. The van der Waals surface area contributed by atoms with Gasteiger partial charge in [-0.1, -0.05) is 161 Å². The van der Waals surface area contributed by atoms with Gasteiger partial charge in [0.15, 0.2) is 0 Å². The Labute approximate surface area is 433 Å². The number of hydrogen-bond donors (Lipinski definition) is 0. The van der Waals surface area contributed by atoms with Gasteiger partial charge < -0.3 is 14.2 Å². The van der Waals surface area contributed by atoms with Crippen LogP contribution >= 0.6 is 0 Å². The first-order valence-corrected chi connectivity index (χ1v) is 27.7. The molecule has 0 bridgehead atoms. The van der Waals surface area contributed by atoms with Crippen molar-refractivity contribution in [2.24, 2.45) is 0 Å². The molecule has 4 heteroatoms. The van der Waals surface area contributed by atoms with Crippen LogP contribution in [0.1, 0.15) is 208 Å². The number of fused-ring (bicyclic) bond motifs is 10. The molecular formula is C68H81BN2O. The molecule has 0 atom stereocenters. The highest BCUT2D eigenvalue weighted by atomic mass is 16.3. The Morgan fingerprint density at radius 3 is 1.38 bits per heavy atom. The van der Waals surface area contributed by atoms with E-state index < -0.39 is 0 Å². The van der Waals surface area contributed by atoms with Gasteiger partial charge in [0.05, 0.1) is 11.1 Å². The zero-order chi connectivity index (χ0) is 51.4. The Balaban J connectivity index is 1.25. The fourth-order valence-corrected chi connectivity index (χ4v) is 14.3. The number of benzene rings is 6. The van der Waals surface area contributed by atoms with Gasteiger partial charge in [-0.2, -0.15) is 0 Å². The quantitative estimate of drug-likeness (QED) is 0.161. The summed E-state index contributed by atoms with van der Waals surface area (Å²) in [4.78, 5) is 5.45. The predicted molar refractivity (Wildman–Crippen MR) is 311 cm³/mol. The van der Waals surface area contributed by atoms with Crippen LogP contribution in [-0.2, 0) is 43.3 Å². The molecule has 372 valence electrons. The van der Waals surface area contributed by atoms with Crippen LogP contribution in [0.25, 0.3) is 21.9 Å². The molecule has 0 saturated carbocycles. The molecule has 0 N–H and O–H groups in total. The van der Waals surface area contributed by atoms with E-state index >= 15 is 0 Å². The number of nitrogens with zero attached hydrogens (tertiary/aromatic N) is 2. The standard InChI is InChI=1S/C68H81BN2O/c1-61(2,3)40-22-24-43-58(34-40)72-57-21-19-20-52(59(43)57)71-54-39-49-47(66(13,14)29-31-68(49,17)18)37-51(54)69-50-36-46-48(67(15,16)30-28-65(46,11)12)38-53(50)70(55-32-41(62(4,5)6)33-56(71)60(55)69)42-23-25-44-45(35-42)64(9,10)27-26-63(44,7)8/h19-25,32-39H,26-31H2,1-18H3. The number of hydrogen-bond acceptors (Lipinski definition) is 3. The molecule has 0 radical (unpaired) electrons. The summed E-state index contributed by atoms with van der Waals surface area (Å²) in [6.07, 6.45) is 7.05. The Kier molecular flexibility index (Phi) is 9.79. The third-order valence-electron chi connectivity index (χ3n) is 19.6. The topological polar surface area (TPSA) is 19.6 Å². The molecule has 0 unspecified atom stereocenters. The zero-order valence-corrected chi connectivity index (χ0v) is 47.3. The minimum atomic E-state index is -0.137. The van der Waals surface area contributed by atoms with Gasteiger partial charge in [0.1, 0.15) is 11.2 Å². The number of anilines is 6. The fourth-order valence-electron chi connectivity index (χ4n) is 14.3. The summed E-state index contributed by atoms with van der Waals surface area (Å²) < 4.78 is 6.95. The molecular weight excluding hydrogens is 872 g/mol. The summed E-state index contributed by atoms with van der Waals surface area (Å²) in [7, 11) is 0. The van der Waals surface area contributed by atoms with Crippen molar-refractivity contribution in [3.8, 4) is 0 Å². The normalized spacial score (nSPS) is 20.6. The average molecular weight is 953 g/mol. The van der Waals surface area contributed by atoms with E-state index in [9.17, 15) is 0 Å². The van der Waals surface area contributed by atoms with Crippen molar-refractivity contribution >= 4 is 79.2 Å². The molecule has 0 saturated heterocycles. The van der Waals surface area contributed by atoms with Gasteiger partial charge in [0.2, 0.25) is 0 Å². The molecule has 0 amide bonds. The van der Waals surface area contributed by atoms with Crippen molar-refractivity contribution in [2.45, 2.75) is 206 Å². The monoisotopic (exact) mass is 953 g/mol. The van der Waals surface area contributed by atoms with Crippen LogP contribution in [0.4, 0.5) is 34.1 Å². The maximum Gasteiger partial charge on any atom is 0.252 e. The van der Waals surface area contributed by atoms with E-state index in [4.69, 9.17) is 4.42 Å². The SMILES string of the molecule is CC(C)(C)c1cc2c3c(c1)N(c1cccc4oc5cc(C(C)(C)C)ccc5c14)c1cc4c(cc1B3c1cc3c(cc1N2c1ccc2c(c1)C(C)(C)CCC2(C)C)C(C)(C)CCC3(C)C)C(C)(C)CCC4(C)C. The highest BCUT2D eigenvalue weighted by molar-refractivity contribution is 7.00. The average Bonchev–Trinajstić information content (AvgIpc) is 3.68. The van der Waals surface area contributed by atoms with E-state index in [0.29, 0.717) is 0 Å². The summed E-state index contributed by atoms with van der Waals surface area (Å²) in [6.45, 7) is 44.0. The third kappa shape index (κ3) is 6.88. The second kappa shape index (κ2) is 14.8. The largest absolute Gasteiger partial charge is 0.456 e.